The van der Waals surface area contributed by atoms with Gasteiger partial charge in [0.1, 0.15) is 11.5 Å². The van der Waals surface area contributed by atoms with Gasteiger partial charge in [-0.3, -0.25) is 9.59 Å². The Balaban J connectivity index is 1.46. The number of ether oxygens (including phenoxy) is 2. The lowest BCUT2D eigenvalue weighted by Crippen LogP contribution is -2.34. The van der Waals surface area contributed by atoms with Crippen molar-refractivity contribution in [2.45, 2.75) is 0 Å². The summed E-state index contributed by atoms with van der Waals surface area (Å²) in [4.78, 5) is 37.3. The predicted octanol–water partition coefficient (Wildman–Crippen LogP) is 5.25. The number of esters is 1. The van der Waals surface area contributed by atoms with Crippen LogP contribution in [-0.4, -0.2) is 37.7 Å². The molecule has 2 amide bonds. The number of hydrogen-bond acceptors (Lipinski definition) is 6. The summed E-state index contributed by atoms with van der Waals surface area (Å²) in [5.41, 5.74) is 3.45. The van der Waals surface area contributed by atoms with Crippen LogP contribution in [0.3, 0.4) is 0 Å². The molecule has 0 radical (unpaired) electrons. The van der Waals surface area contributed by atoms with E-state index in [1.54, 1.807) is 30.3 Å². The molecule has 0 saturated carbocycles. The van der Waals surface area contributed by atoms with Crippen molar-refractivity contribution in [3.05, 3.63) is 106 Å². The fraction of sp³-hybridized carbons (Fsp3) is 0.0714. The van der Waals surface area contributed by atoms with E-state index in [0.717, 1.165) is 10.8 Å². The molecule has 0 fully saturated rings. The second-order valence-corrected chi connectivity index (χ2v) is 8.74. The minimum absolute atomic E-state index is 0.229. The van der Waals surface area contributed by atoms with E-state index in [1.807, 2.05) is 30.3 Å². The van der Waals surface area contributed by atoms with Gasteiger partial charge in [0.05, 0.1) is 35.5 Å². The molecule has 0 aliphatic carbocycles. The molecule has 8 nitrogen and oxygen atoms in total. The molecule has 0 unspecified atom stereocenters. The zero-order chi connectivity index (χ0) is 27.1. The highest BCUT2D eigenvalue weighted by Crippen LogP contribution is 2.28. The normalized spacial score (nSPS) is 10.8. The van der Waals surface area contributed by atoms with Gasteiger partial charge in [-0.1, -0.05) is 53.5 Å². The highest BCUT2D eigenvalue weighted by atomic mass is 35.5. The number of carbonyl (C=O) groups is 3. The van der Waals surface area contributed by atoms with Gasteiger partial charge in [0.2, 0.25) is 0 Å². The average molecular weight is 550 g/mol. The summed E-state index contributed by atoms with van der Waals surface area (Å²) in [6.45, 7) is -0.328. The van der Waals surface area contributed by atoms with Crippen molar-refractivity contribution < 1.29 is 23.9 Å². The molecule has 4 aromatic carbocycles. The third-order valence-corrected chi connectivity index (χ3v) is 6.17. The van der Waals surface area contributed by atoms with Crippen LogP contribution in [0, 0.1) is 0 Å². The topological polar surface area (TPSA) is 106 Å². The number of amides is 2. The first-order chi connectivity index (χ1) is 18.4. The molecule has 10 heteroatoms. The summed E-state index contributed by atoms with van der Waals surface area (Å²) >= 11 is 11.8. The minimum Gasteiger partial charge on any atom is -0.497 e. The van der Waals surface area contributed by atoms with Crippen molar-refractivity contribution in [1.82, 2.24) is 10.7 Å². The van der Waals surface area contributed by atoms with Crippen LogP contribution < -0.4 is 20.2 Å². The number of nitrogens with zero attached hydrogens (tertiary/aromatic N) is 1. The maximum absolute atomic E-state index is 12.8. The van der Waals surface area contributed by atoms with E-state index in [1.165, 1.54) is 31.5 Å². The molecule has 0 aliphatic rings. The van der Waals surface area contributed by atoms with Crippen LogP contribution in [0.1, 0.15) is 26.3 Å². The Morgan fingerprint density at radius 1 is 0.895 bits per heavy atom. The van der Waals surface area contributed by atoms with Gasteiger partial charge in [-0.25, -0.2) is 10.2 Å². The monoisotopic (exact) mass is 549 g/mol. The van der Waals surface area contributed by atoms with Crippen LogP contribution in [-0.2, 0) is 4.79 Å². The average Bonchev–Trinajstić information content (AvgIpc) is 2.94. The lowest BCUT2D eigenvalue weighted by molar-refractivity contribution is -0.120. The largest absolute Gasteiger partial charge is 0.497 e. The first-order valence-corrected chi connectivity index (χ1v) is 12.0. The quantitative estimate of drug-likeness (QED) is 0.135. The van der Waals surface area contributed by atoms with Gasteiger partial charge in [-0.05, 0) is 59.3 Å². The Morgan fingerprint density at radius 2 is 1.63 bits per heavy atom. The van der Waals surface area contributed by atoms with E-state index in [-0.39, 0.29) is 22.9 Å². The van der Waals surface area contributed by atoms with Crippen LogP contribution in [0.4, 0.5) is 0 Å². The Morgan fingerprint density at radius 3 is 2.37 bits per heavy atom. The van der Waals surface area contributed by atoms with Crippen LogP contribution in [0.25, 0.3) is 10.8 Å². The van der Waals surface area contributed by atoms with Gasteiger partial charge in [0.25, 0.3) is 11.8 Å². The number of nitrogens with one attached hydrogen (secondary N) is 2. The van der Waals surface area contributed by atoms with Crippen LogP contribution in [0.5, 0.6) is 11.5 Å². The highest BCUT2D eigenvalue weighted by Gasteiger charge is 2.14. The molecule has 0 bridgehead atoms. The molecule has 0 spiro atoms. The van der Waals surface area contributed by atoms with Gasteiger partial charge < -0.3 is 14.8 Å². The van der Waals surface area contributed by atoms with Gasteiger partial charge in [0, 0.05) is 11.1 Å². The lowest BCUT2D eigenvalue weighted by atomic mass is 10.0. The molecule has 2 N–H and O–H groups in total. The lowest BCUT2D eigenvalue weighted by Gasteiger charge is -2.11. The molecule has 192 valence electrons. The third-order valence-electron chi connectivity index (χ3n) is 5.43. The van der Waals surface area contributed by atoms with E-state index in [9.17, 15) is 14.4 Å². The Labute approximate surface area is 228 Å². The number of hydrogen-bond donors (Lipinski definition) is 2. The van der Waals surface area contributed by atoms with Crippen LogP contribution in [0.15, 0.2) is 84.0 Å². The zero-order valence-electron chi connectivity index (χ0n) is 20.0. The number of rotatable bonds is 8. The van der Waals surface area contributed by atoms with Crippen molar-refractivity contribution in [3.8, 4) is 11.5 Å². The maximum Gasteiger partial charge on any atom is 0.343 e. The van der Waals surface area contributed by atoms with Crippen LogP contribution >= 0.6 is 23.2 Å². The van der Waals surface area contributed by atoms with E-state index < -0.39 is 17.8 Å². The first kappa shape index (κ1) is 26.7. The van der Waals surface area contributed by atoms with Crippen molar-refractivity contribution in [2.24, 2.45) is 5.10 Å². The molecule has 0 atom stereocenters. The van der Waals surface area contributed by atoms with Gasteiger partial charge >= 0.3 is 5.97 Å². The van der Waals surface area contributed by atoms with E-state index in [0.29, 0.717) is 21.9 Å². The number of benzene rings is 4. The summed E-state index contributed by atoms with van der Waals surface area (Å²) in [7, 11) is 1.54. The van der Waals surface area contributed by atoms with Crippen molar-refractivity contribution in [3.63, 3.8) is 0 Å². The van der Waals surface area contributed by atoms with E-state index in [4.69, 9.17) is 32.7 Å². The summed E-state index contributed by atoms with van der Waals surface area (Å²) in [6.07, 6.45) is 1.39. The van der Waals surface area contributed by atoms with Crippen molar-refractivity contribution >= 4 is 58.0 Å². The molecule has 4 rings (SSSR count). The molecule has 38 heavy (non-hydrogen) atoms. The number of fused-ring (bicyclic) bond motifs is 1. The molecule has 0 saturated heterocycles. The van der Waals surface area contributed by atoms with Crippen molar-refractivity contribution in [1.29, 1.82) is 0 Å². The molecule has 0 heterocycles. The summed E-state index contributed by atoms with van der Waals surface area (Å²) in [6, 6.07) is 21.9. The van der Waals surface area contributed by atoms with Gasteiger partial charge in [-0.2, -0.15) is 5.10 Å². The molecule has 0 aliphatic heterocycles. The van der Waals surface area contributed by atoms with Crippen LogP contribution in [0.2, 0.25) is 10.0 Å². The summed E-state index contributed by atoms with van der Waals surface area (Å²) in [5, 5.41) is 8.69. The maximum atomic E-state index is 12.8. The standard InChI is InChI=1S/C28H21Cl2N3O5/c1-37-20-10-6-18(7-11-20)28(36)38-25-13-9-17-4-2-3-5-21(17)22(25)15-32-33-26(34)16-31-27(35)19-8-12-23(29)24(30)14-19/h2-15H,16H2,1H3,(H,31,35)(H,33,34)/b32-15+. The number of carbonyl (C=O) groups excluding carboxylic acids is 3. The van der Waals surface area contributed by atoms with Gasteiger partial charge in [-0.15, -0.1) is 0 Å². The smallest absolute Gasteiger partial charge is 0.343 e. The zero-order valence-corrected chi connectivity index (χ0v) is 21.5. The molecular formula is C28H21Cl2N3O5. The molecular weight excluding hydrogens is 529 g/mol. The second kappa shape index (κ2) is 12.2. The predicted molar refractivity (Wildman–Crippen MR) is 146 cm³/mol. The fourth-order valence-electron chi connectivity index (χ4n) is 3.49. The number of methoxy groups -OCH3 is 1. The summed E-state index contributed by atoms with van der Waals surface area (Å²) in [5.74, 6) is -0.748. The van der Waals surface area contributed by atoms with E-state index in [2.05, 4.69) is 15.8 Å². The fourth-order valence-corrected chi connectivity index (χ4v) is 3.79. The Kier molecular flexibility index (Phi) is 8.58. The van der Waals surface area contributed by atoms with Crippen molar-refractivity contribution in [2.75, 3.05) is 13.7 Å². The second-order valence-electron chi connectivity index (χ2n) is 7.92. The van der Waals surface area contributed by atoms with Gasteiger partial charge in [0.15, 0.2) is 0 Å². The number of halogens is 2. The Hall–Kier alpha value is -4.40. The minimum atomic E-state index is -0.563. The summed E-state index contributed by atoms with van der Waals surface area (Å²) < 4.78 is 10.8. The SMILES string of the molecule is COc1ccc(C(=O)Oc2ccc3ccccc3c2/C=N/NC(=O)CNC(=O)c2ccc(Cl)c(Cl)c2)cc1. The highest BCUT2D eigenvalue weighted by molar-refractivity contribution is 6.42. The molecule has 0 aromatic heterocycles. The third kappa shape index (κ3) is 6.47. The van der Waals surface area contributed by atoms with E-state index >= 15 is 0 Å². The first-order valence-electron chi connectivity index (χ1n) is 11.3. The Bertz CT molecular complexity index is 1540. The number of hydrazone groups is 1. The molecule has 4 aromatic rings.